The Morgan fingerprint density at radius 2 is 2.00 bits per heavy atom. The van der Waals surface area contributed by atoms with Gasteiger partial charge < -0.3 is 5.32 Å². The van der Waals surface area contributed by atoms with Crippen molar-refractivity contribution in [1.29, 1.82) is 0 Å². The third-order valence-corrected chi connectivity index (χ3v) is 4.76. The standard InChI is InChI=1S/C13H21NO/c15-13(5-10-7-14-8-10)6-12-4-9-1-2-11(12)3-9/h9-12,14H,1-8H2. The molecule has 3 aliphatic rings. The van der Waals surface area contributed by atoms with Gasteiger partial charge in [-0.15, -0.1) is 0 Å². The average molecular weight is 207 g/mol. The Morgan fingerprint density at radius 3 is 2.53 bits per heavy atom. The maximum atomic E-state index is 11.9. The fourth-order valence-electron chi connectivity index (χ4n) is 3.82. The molecular formula is C13H21NO. The Labute approximate surface area is 91.8 Å². The SMILES string of the molecule is O=C(CC1CNC1)CC1CC2CCC1C2. The van der Waals surface area contributed by atoms with Crippen LogP contribution in [0.15, 0.2) is 0 Å². The van der Waals surface area contributed by atoms with Crippen molar-refractivity contribution >= 4 is 5.78 Å². The first-order valence-electron chi connectivity index (χ1n) is 6.53. The minimum absolute atomic E-state index is 0.541. The number of Topliss-reactive ketones (excluding diaryl/α,β-unsaturated/α-hetero) is 1. The van der Waals surface area contributed by atoms with Crippen molar-refractivity contribution in [2.45, 2.75) is 38.5 Å². The summed E-state index contributed by atoms with van der Waals surface area (Å²) in [6.07, 6.45) is 7.40. The van der Waals surface area contributed by atoms with Gasteiger partial charge in [-0.2, -0.15) is 0 Å². The van der Waals surface area contributed by atoms with Gasteiger partial charge in [0.05, 0.1) is 0 Å². The van der Waals surface area contributed by atoms with Crippen LogP contribution >= 0.6 is 0 Å². The zero-order valence-electron chi connectivity index (χ0n) is 9.37. The van der Waals surface area contributed by atoms with E-state index in [1.165, 1.54) is 25.7 Å². The van der Waals surface area contributed by atoms with Crippen LogP contribution < -0.4 is 5.32 Å². The van der Waals surface area contributed by atoms with Crippen LogP contribution in [0.3, 0.4) is 0 Å². The van der Waals surface area contributed by atoms with Gasteiger partial charge in [-0.3, -0.25) is 4.79 Å². The van der Waals surface area contributed by atoms with E-state index in [0.29, 0.717) is 11.7 Å². The van der Waals surface area contributed by atoms with Gasteiger partial charge in [-0.25, -0.2) is 0 Å². The fraction of sp³-hybridized carbons (Fsp3) is 0.923. The lowest BCUT2D eigenvalue weighted by Gasteiger charge is -2.27. The molecule has 0 amide bonds. The molecule has 1 saturated heterocycles. The number of fused-ring (bicyclic) bond motifs is 2. The van der Waals surface area contributed by atoms with Gasteiger partial charge in [0.2, 0.25) is 0 Å². The van der Waals surface area contributed by atoms with Crippen LogP contribution in [0, 0.1) is 23.7 Å². The summed E-state index contributed by atoms with van der Waals surface area (Å²) >= 11 is 0. The lowest BCUT2D eigenvalue weighted by Crippen LogP contribution is -2.43. The molecule has 2 bridgehead atoms. The molecule has 3 atom stereocenters. The summed E-state index contributed by atoms with van der Waals surface area (Å²) in [5.74, 6) is 3.87. The maximum absolute atomic E-state index is 11.9. The summed E-state index contributed by atoms with van der Waals surface area (Å²) in [4.78, 5) is 11.9. The molecule has 3 rings (SSSR count). The number of hydrogen-bond donors (Lipinski definition) is 1. The number of ketones is 1. The second-order valence-electron chi connectivity index (χ2n) is 5.91. The van der Waals surface area contributed by atoms with E-state index in [1.807, 2.05) is 0 Å². The van der Waals surface area contributed by atoms with Gasteiger partial charge in [0.25, 0.3) is 0 Å². The normalized spacial score (nSPS) is 39.3. The van der Waals surface area contributed by atoms with E-state index in [2.05, 4.69) is 5.32 Å². The van der Waals surface area contributed by atoms with E-state index < -0.39 is 0 Å². The molecule has 0 aromatic carbocycles. The number of carbonyl (C=O) groups excluding carboxylic acids is 1. The Bertz CT molecular complexity index is 259. The van der Waals surface area contributed by atoms with Crippen LogP contribution in [0.25, 0.3) is 0 Å². The highest BCUT2D eigenvalue weighted by atomic mass is 16.1. The lowest BCUT2D eigenvalue weighted by molar-refractivity contribution is -0.121. The molecule has 84 valence electrons. The van der Waals surface area contributed by atoms with Gasteiger partial charge in [-0.05, 0) is 56.0 Å². The average Bonchev–Trinajstić information content (AvgIpc) is 2.72. The minimum atomic E-state index is 0.541. The summed E-state index contributed by atoms with van der Waals surface area (Å²) in [7, 11) is 0. The van der Waals surface area contributed by atoms with Crippen molar-refractivity contribution in [3.05, 3.63) is 0 Å². The van der Waals surface area contributed by atoms with Crippen LogP contribution in [0.1, 0.15) is 38.5 Å². The zero-order valence-corrected chi connectivity index (χ0v) is 9.37. The Morgan fingerprint density at radius 1 is 1.13 bits per heavy atom. The van der Waals surface area contributed by atoms with Gasteiger partial charge >= 0.3 is 0 Å². The van der Waals surface area contributed by atoms with Crippen LogP contribution in [-0.4, -0.2) is 18.9 Å². The van der Waals surface area contributed by atoms with Gasteiger partial charge in [-0.1, -0.05) is 6.42 Å². The van der Waals surface area contributed by atoms with Crippen molar-refractivity contribution in [2.24, 2.45) is 23.7 Å². The Kier molecular flexibility index (Phi) is 2.55. The summed E-state index contributed by atoms with van der Waals surface area (Å²) in [6, 6.07) is 0. The first kappa shape index (κ1) is 9.83. The van der Waals surface area contributed by atoms with E-state index in [0.717, 1.165) is 43.7 Å². The largest absolute Gasteiger partial charge is 0.316 e. The molecule has 15 heavy (non-hydrogen) atoms. The predicted molar refractivity (Wildman–Crippen MR) is 59.5 cm³/mol. The van der Waals surface area contributed by atoms with Gasteiger partial charge in [0.1, 0.15) is 5.78 Å². The molecule has 1 N–H and O–H groups in total. The molecule has 0 spiro atoms. The molecule has 1 aliphatic heterocycles. The molecule has 1 heterocycles. The van der Waals surface area contributed by atoms with Crippen molar-refractivity contribution in [2.75, 3.05) is 13.1 Å². The van der Waals surface area contributed by atoms with E-state index in [4.69, 9.17) is 0 Å². The summed E-state index contributed by atoms with van der Waals surface area (Å²) < 4.78 is 0. The monoisotopic (exact) mass is 207 g/mol. The second kappa shape index (κ2) is 3.89. The molecule has 2 heteroatoms. The molecule has 3 unspecified atom stereocenters. The van der Waals surface area contributed by atoms with Crippen LogP contribution in [-0.2, 0) is 4.79 Å². The molecule has 2 saturated carbocycles. The minimum Gasteiger partial charge on any atom is -0.316 e. The summed E-state index contributed by atoms with van der Waals surface area (Å²) in [6.45, 7) is 2.14. The number of rotatable bonds is 4. The number of carbonyl (C=O) groups is 1. The smallest absolute Gasteiger partial charge is 0.133 e. The molecule has 0 radical (unpaired) electrons. The highest BCUT2D eigenvalue weighted by Gasteiger charge is 2.40. The second-order valence-corrected chi connectivity index (χ2v) is 5.91. The third kappa shape index (κ3) is 1.96. The highest BCUT2D eigenvalue weighted by molar-refractivity contribution is 5.79. The number of nitrogens with one attached hydrogen (secondary N) is 1. The molecular weight excluding hydrogens is 186 g/mol. The molecule has 0 aromatic rings. The van der Waals surface area contributed by atoms with Crippen LogP contribution in [0.4, 0.5) is 0 Å². The summed E-state index contributed by atoms with van der Waals surface area (Å²) in [5.41, 5.74) is 0. The number of hydrogen-bond acceptors (Lipinski definition) is 2. The highest BCUT2D eigenvalue weighted by Crippen LogP contribution is 2.49. The van der Waals surface area contributed by atoms with Gasteiger partial charge in [0.15, 0.2) is 0 Å². The van der Waals surface area contributed by atoms with E-state index >= 15 is 0 Å². The van der Waals surface area contributed by atoms with Crippen molar-refractivity contribution < 1.29 is 4.79 Å². The van der Waals surface area contributed by atoms with E-state index in [-0.39, 0.29) is 0 Å². The lowest BCUT2D eigenvalue weighted by atomic mass is 9.83. The van der Waals surface area contributed by atoms with E-state index in [9.17, 15) is 4.79 Å². The topological polar surface area (TPSA) is 29.1 Å². The van der Waals surface area contributed by atoms with E-state index in [1.54, 1.807) is 0 Å². The molecule has 0 aromatic heterocycles. The Balaban J connectivity index is 1.46. The summed E-state index contributed by atoms with van der Waals surface area (Å²) in [5, 5.41) is 3.23. The van der Waals surface area contributed by atoms with Crippen LogP contribution in [0.2, 0.25) is 0 Å². The first-order valence-corrected chi connectivity index (χ1v) is 6.53. The molecule has 2 aliphatic carbocycles. The van der Waals surface area contributed by atoms with Crippen molar-refractivity contribution in [3.8, 4) is 0 Å². The van der Waals surface area contributed by atoms with Gasteiger partial charge in [0, 0.05) is 12.8 Å². The third-order valence-electron chi connectivity index (χ3n) is 4.76. The maximum Gasteiger partial charge on any atom is 0.133 e. The predicted octanol–water partition coefficient (Wildman–Crippen LogP) is 1.99. The van der Waals surface area contributed by atoms with Crippen molar-refractivity contribution in [3.63, 3.8) is 0 Å². The Hall–Kier alpha value is -0.370. The molecule has 3 fully saturated rings. The first-order chi connectivity index (χ1) is 7.31. The zero-order chi connectivity index (χ0) is 10.3. The quantitative estimate of drug-likeness (QED) is 0.764. The molecule has 2 nitrogen and oxygen atoms in total. The van der Waals surface area contributed by atoms with Crippen molar-refractivity contribution in [1.82, 2.24) is 5.32 Å². The fourth-order valence-corrected chi connectivity index (χ4v) is 3.82. The van der Waals surface area contributed by atoms with Crippen LogP contribution in [0.5, 0.6) is 0 Å².